The van der Waals surface area contributed by atoms with Crippen LogP contribution in [-0.2, 0) is 4.79 Å². The molecule has 1 aromatic rings. The van der Waals surface area contributed by atoms with E-state index in [9.17, 15) is 15.0 Å². The zero-order chi connectivity index (χ0) is 14.9. The smallest absolute Gasteiger partial charge is 0.227 e. The number of phenols is 2. The molecule has 0 saturated carbocycles. The normalized spacial score (nSPS) is 24.6. The molecule has 1 aliphatic rings. The number of carbonyl (C=O) groups is 1. The first-order valence-corrected chi connectivity index (χ1v) is 6.85. The molecule has 1 aromatic carbocycles. The predicted molar refractivity (Wildman–Crippen MR) is 76.6 cm³/mol. The average molecular weight is 278 g/mol. The minimum absolute atomic E-state index is 0.0412. The third kappa shape index (κ3) is 2.72. The Morgan fingerprint density at radius 1 is 1.35 bits per heavy atom. The van der Waals surface area contributed by atoms with Crippen LogP contribution in [0.3, 0.4) is 0 Å². The van der Waals surface area contributed by atoms with Crippen LogP contribution in [0.2, 0.25) is 0 Å². The maximum atomic E-state index is 11.9. The van der Waals surface area contributed by atoms with Crippen molar-refractivity contribution in [2.45, 2.75) is 26.3 Å². The molecule has 2 rings (SSSR count). The molecule has 2 atom stereocenters. The van der Waals surface area contributed by atoms with Crippen LogP contribution in [0.25, 0.3) is 0 Å². The van der Waals surface area contributed by atoms with Crippen molar-refractivity contribution in [3.05, 3.63) is 23.8 Å². The summed E-state index contributed by atoms with van der Waals surface area (Å²) in [5, 5.41) is 21.9. The summed E-state index contributed by atoms with van der Waals surface area (Å²) < 4.78 is 0. The van der Waals surface area contributed by atoms with E-state index in [2.05, 4.69) is 10.2 Å². The summed E-state index contributed by atoms with van der Waals surface area (Å²) in [6.07, 6.45) is 0.807. The minimum atomic E-state index is -0.373. The van der Waals surface area contributed by atoms with E-state index in [4.69, 9.17) is 0 Å². The van der Waals surface area contributed by atoms with Crippen LogP contribution < -0.4 is 5.32 Å². The van der Waals surface area contributed by atoms with E-state index < -0.39 is 0 Å². The fraction of sp³-hybridized carbons (Fsp3) is 0.533. The van der Waals surface area contributed by atoms with Gasteiger partial charge < -0.3 is 15.5 Å². The second-order valence-corrected chi connectivity index (χ2v) is 5.82. The Kier molecular flexibility index (Phi) is 3.90. The summed E-state index contributed by atoms with van der Waals surface area (Å²) in [6, 6.07) is 4.66. The second kappa shape index (κ2) is 5.32. The summed E-state index contributed by atoms with van der Waals surface area (Å²) in [5.41, 5.74) is 0.477. The Balaban J connectivity index is 2.15. The number of nitrogens with one attached hydrogen (secondary N) is 1. The molecule has 0 aliphatic carbocycles. The molecule has 5 nitrogen and oxygen atoms in total. The molecule has 3 N–H and O–H groups in total. The van der Waals surface area contributed by atoms with Crippen LogP contribution in [0.4, 0.5) is 0 Å². The Morgan fingerprint density at radius 2 is 1.95 bits per heavy atom. The van der Waals surface area contributed by atoms with E-state index in [1.165, 1.54) is 6.07 Å². The van der Waals surface area contributed by atoms with Crippen molar-refractivity contribution >= 4 is 5.91 Å². The number of hydrogen-bond donors (Lipinski definition) is 3. The van der Waals surface area contributed by atoms with Crippen LogP contribution in [0, 0.1) is 5.41 Å². The van der Waals surface area contributed by atoms with E-state index in [-0.39, 0.29) is 28.9 Å². The van der Waals surface area contributed by atoms with E-state index in [0.717, 1.165) is 18.5 Å². The number of carbonyl (C=O) groups excluding carboxylic acids is 1. The lowest BCUT2D eigenvalue weighted by Crippen LogP contribution is -2.39. The molecular weight excluding hydrogens is 256 g/mol. The Hall–Kier alpha value is -1.75. The van der Waals surface area contributed by atoms with Gasteiger partial charge in [0.05, 0.1) is 5.41 Å². The number of benzene rings is 1. The number of likely N-dealkylation sites (tertiary alicyclic amines) is 1. The molecule has 0 bridgehead atoms. The molecule has 0 spiro atoms. The van der Waals surface area contributed by atoms with Crippen molar-refractivity contribution in [2.24, 2.45) is 5.41 Å². The van der Waals surface area contributed by atoms with E-state index in [0.29, 0.717) is 6.54 Å². The van der Waals surface area contributed by atoms with Crippen molar-refractivity contribution in [3.8, 4) is 11.5 Å². The fourth-order valence-electron chi connectivity index (χ4n) is 2.88. The summed E-state index contributed by atoms with van der Waals surface area (Å²) in [4.78, 5) is 14.1. The highest BCUT2D eigenvalue weighted by Crippen LogP contribution is 2.36. The van der Waals surface area contributed by atoms with Crippen molar-refractivity contribution in [1.29, 1.82) is 0 Å². The zero-order valence-electron chi connectivity index (χ0n) is 12.2. The highest BCUT2D eigenvalue weighted by atomic mass is 16.3. The number of nitrogens with zero attached hydrogens (tertiary/aromatic N) is 1. The molecule has 110 valence electrons. The molecule has 5 heteroatoms. The first-order chi connectivity index (χ1) is 9.35. The quantitative estimate of drug-likeness (QED) is 0.785. The topological polar surface area (TPSA) is 72.8 Å². The first-order valence-electron chi connectivity index (χ1n) is 6.85. The van der Waals surface area contributed by atoms with E-state index in [1.807, 2.05) is 13.8 Å². The van der Waals surface area contributed by atoms with E-state index >= 15 is 0 Å². The number of amides is 1. The molecule has 1 heterocycles. The number of aromatic hydroxyl groups is 2. The third-order valence-corrected chi connectivity index (χ3v) is 4.23. The monoisotopic (exact) mass is 278 g/mol. The Labute approximate surface area is 119 Å². The third-order valence-electron chi connectivity index (χ3n) is 4.23. The van der Waals surface area contributed by atoms with Gasteiger partial charge in [0.15, 0.2) is 0 Å². The maximum Gasteiger partial charge on any atom is 0.227 e. The molecular formula is C15H22N2O3. The van der Waals surface area contributed by atoms with Gasteiger partial charge in [-0.3, -0.25) is 9.69 Å². The summed E-state index contributed by atoms with van der Waals surface area (Å²) in [5.74, 6) is 0.172. The van der Waals surface area contributed by atoms with Crippen LogP contribution in [0.1, 0.15) is 31.9 Å². The van der Waals surface area contributed by atoms with Gasteiger partial charge in [0, 0.05) is 25.7 Å². The minimum Gasteiger partial charge on any atom is -0.508 e. The van der Waals surface area contributed by atoms with Crippen molar-refractivity contribution in [1.82, 2.24) is 10.2 Å². The van der Waals surface area contributed by atoms with Gasteiger partial charge >= 0.3 is 0 Å². The van der Waals surface area contributed by atoms with Crippen LogP contribution in [-0.4, -0.2) is 41.2 Å². The highest BCUT2D eigenvalue weighted by Gasteiger charge is 2.41. The molecule has 20 heavy (non-hydrogen) atoms. The van der Waals surface area contributed by atoms with E-state index in [1.54, 1.807) is 19.2 Å². The van der Waals surface area contributed by atoms with Gasteiger partial charge in [-0.05, 0) is 44.5 Å². The lowest BCUT2D eigenvalue weighted by Gasteiger charge is -2.27. The van der Waals surface area contributed by atoms with Crippen molar-refractivity contribution in [2.75, 3.05) is 20.1 Å². The van der Waals surface area contributed by atoms with Gasteiger partial charge in [-0.2, -0.15) is 0 Å². The summed E-state index contributed by atoms with van der Waals surface area (Å²) in [7, 11) is 1.66. The predicted octanol–water partition coefficient (Wildman–Crippen LogP) is 1.62. The van der Waals surface area contributed by atoms with Crippen molar-refractivity contribution in [3.63, 3.8) is 0 Å². The van der Waals surface area contributed by atoms with Crippen LogP contribution in [0.15, 0.2) is 18.2 Å². The zero-order valence-corrected chi connectivity index (χ0v) is 12.2. The van der Waals surface area contributed by atoms with Crippen LogP contribution >= 0.6 is 0 Å². The SMILES string of the molecule is CNC(=O)C1(C)CCN(C(C)c2cc(O)cc(O)c2)C1. The van der Waals surface area contributed by atoms with Gasteiger partial charge in [-0.25, -0.2) is 0 Å². The maximum absolute atomic E-state index is 11.9. The standard InChI is InChI=1S/C15H22N2O3/c1-10(11-6-12(18)8-13(19)7-11)17-5-4-15(2,9-17)14(20)16-3/h6-8,10,18-19H,4-5,9H2,1-3H3,(H,16,20). The molecule has 1 aliphatic heterocycles. The second-order valence-electron chi connectivity index (χ2n) is 5.82. The molecule has 0 aromatic heterocycles. The lowest BCUT2D eigenvalue weighted by atomic mass is 9.89. The summed E-state index contributed by atoms with van der Waals surface area (Å²) >= 11 is 0. The largest absolute Gasteiger partial charge is 0.508 e. The van der Waals surface area contributed by atoms with Gasteiger partial charge in [-0.15, -0.1) is 0 Å². The fourth-order valence-corrected chi connectivity index (χ4v) is 2.88. The molecule has 1 amide bonds. The van der Waals surface area contributed by atoms with Crippen molar-refractivity contribution < 1.29 is 15.0 Å². The number of phenolic OH excluding ortho intramolecular Hbond substituents is 2. The Bertz CT molecular complexity index is 498. The summed E-state index contributed by atoms with van der Waals surface area (Å²) in [6.45, 7) is 5.48. The Morgan fingerprint density at radius 3 is 2.50 bits per heavy atom. The van der Waals surface area contributed by atoms with Gasteiger partial charge in [0.2, 0.25) is 5.91 Å². The van der Waals surface area contributed by atoms with Gasteiger partial charge in [-0.1, -0.05) is 0 Å². The number of hydrogen-bond acceptors (Lipinski definition) is 4. The molecule has 1 fully saturated rings. The first kappa shape index (κ1) is 14.7. The number of rotatable bonds is 3. The van der Waals surface area contributed by atoms with Gasteiger partial charge in [0.1, 0.15) is 11.5 Å². The molecule has 0 radical (unpaired) electrons. The lowest BCUT2D eigenvalue weighted by molar-refractivity contribution is -0.129. The van der Waals surface area contributed by atoms with Gasteiger partial charge in [0.25, 0.3) is 0 Å². The van der Waals surface area contributed by atoms with Crippen LogP contribution in [0.5, 0.6) is 11.5 Å². The molecule has 2 unspecified atom stereocenters. The molecule has 1 saturated heterocycles. The average Bonchev–Trinajstić information content (AvgIpc) is 2.79. The highest BCUT2D eigenvalue weighted by molar-refractivity contribution is 5.82.